The van der Waals surface area contributed by atoms with Gasteiger partial charge >= 0.3 is 0 Å². The van der Waals surface area contributed by atoms with Gasteiger partial charge in [0, 0.05) is 12.4 Å². The summed E-state index contributed by atoms with van der Waals surface area (Å²) in [7, 11) is -1.82. The molecule has 0 radical (unpaired) electrons. The van der Waals surface area contributed by atoms with Crippen LogP contribution in [0.4, 0.5) is 5.13 Å². The lowest BCUT2D eigenvalue weighted by Crippen LogP contribution is -2.31. The SMILES string of the molecule is COc1ccc(Cl)c2sc(N(Cc3ccncc3)C(=O)Cc3ccc(S(=O)(=O)C(C)C)cc3)nc12. The molecule has 4 aromatic rings. The quantitative estimate of drug-likeness (QED) is 0.307. The van der Waals surface area contributed by atoms with E-state index in [0.717, 1.165) is 10.3 Å². The Bertz CT molecular complexity index is 1450. The summed E-state index contributed by atoms with van der Waals surface area (Å²) in [6, 6.07) is 13.6. The van der Waals surface area contributed by atoms with Crippen LogP contribution in [0.3, 0.4) is 0 Å². The number of anilines is 1. The van der Waals surface area contributed by atoms with Crippen molar-refractivity contribution in [2.24, 2.45) is 0 Å². The zero-order valence-corrected chi connectivity index (χ0v) is 21.8. The fraction of sp³-hybridized carbons (Fsp3) is 0.240. The Morgan fingerprint density at radius 2 is 1.74 bits per heavy atom. The van der Waals surface area contributed by atoms with Crippen LogP contribution in [-0.2, 0) is 27.6 Å². The van der Waals surface area contributed by atoms with E-state index in [1.165, 1.54) is 11.3 Å². The smallest absolute Gasteiger partial charge is 0.233 e. The van der Waals surface area contributed by atoms with Gasteiger partial charge in [-0.2, -0.15) is 0 Å². The second-order valence-electron chi connectivity index (χ2n) is 8.17. The van der Waals surface area contributed by atoms with Crippen LogP contribution in [0.15, 0.2) is 65.8 Å². The Morgan fingerprint density at radius 1 is 1.06 bits per heavy atom. The molecule has 0 saturated heterocycles. The molecule has 2 heterocycles. The largest absolute Gasteiger partial charge is 0.494 e. The number of hydrogen-bond acceptors (Lipinski definition) is 7. The molecule has 10 heteroatoms. The van der Waals surface area contributed by atoms with Crippen molar-refractivity contribution in [3.8, 4) is 5.75 Å². The Kier molecular flexibility index (Phi) is 7.39. The van der Waals surface area contributed by atoms with Gasteiger partial charge in [-0.1, -0.05) is 35.1 Å². The number of fused-ring (bicyclic) bond motifs is 1. The van der Waals surface area contributed by atoms with Gasteiger partial charge in [-0.05, 0) is 61.4 Å². The molecule has 2 aromatic carbocycles. The lowest BCUT2D eigenvalue weighted by Gasteiger charge is -2.20. The van der Waals surface area contributed by atoms with Crippen molar-refractivity contribution in [1.29, 1.82) is 0 Å². The molecule has 0 bridgehead atoms. The first-order valence-corrected chi connectivity index (χ1v) is 13.6. The fourth-order valence-corrected chi connectivity index (χ4v) is 5.83. The standard InChI is InChI=1S/C25H24ClN3O4S2/c1-16(2)35(31,32)19-6-4-17(5-7-19)14-22(30)29(15-18-10-12-27-13-11-18)25-28-23-21(33-3)9-8-20(26)24(23)34-25/h4-13,16H,14-15H2,1-3H3. The topological polar surface area (TPSA) is 89.5 Å². The van der Waals surface area contributed by atoms with Gasteiger partial charge < -0.3 is 4.74 Å². The summed E-state index contributed by atoms with van der Waals surface area (Å²) in [5, 5.41) is 0.503. The number of aromatic nitrogens is 2. The number of pyridine rings is 1. The van der Waals surface area contributed by atoms with Crippen LogP contribution in [0.1, 0.15) is 25.0 Å². The number of sulfone groups is 1. The summed E-state index contributed by atoms with van der Waals surface area (Å²) in [6.07, 6.45) is 3.42. The average Bonchev–Trinajstić information content (AvgIpc) is 3.30. The number of halogens is 1. The molecule has 0 saturated carbocycles. The molecule has 35 heavy (non-hydrogen) atoms. The minimum absolute atomic E-state index is 0.0773. The minimum atomic E-state index is -3.38. The van der Waals surface area contributed by atoms with Crippen LogP contribution in [0.5, 0.6) is 5.75 Å². The fourth-order valence-electron chi connectivity index (χ4n) is 3.49. The monoisotopic (exact) mass is 529 g/mol. The van der Waals surface area contributed by atoms with E-state index < -0.39 is 15.1 Å². The van der Waals surface area contributed by atoms with Crippen molar-refractivity contribution in [3.63, 3.8) is 0 Å². The molecular formula is C25H24ClN3O4S2. The third-order valence-electron chi connectivity index (χ3n) is 5.52. The normalized spacial score (nSPS) is 11.7. The van der Waals surface area contributed by atoms with Crippen LogP contribution >= 0.6 is 22.9 Å². The zero-order chi connectivity index (χ0) is 25.2. The number of amides is 1. The second-order valence-corrected chi connectivity index (χ2v) is 12.1. The van der Waals surface area contributed by atoms with Gasteiger partial charge in [0.1, 0.15) is 11.3 Å². The first kappa shape index (κ1) is 25.1. The van der Waals surface area contributed by atoms with E-state index >= 15 is 0 Å². The van der Waals surface area contributed by atoms with Gasteiger partial charge in [0.05, 0.1) is 39.9 Å². The molecule has 0 fully saturated rings. The van der Waals surface area contributed by atoms with Crippen molar-refractivity contribution in [2.45, 2.75) is 37.0 Å². The highest BCUT2D eigenvalue weighted by Gasteiger charge is 2.23. The van der Waals surface area contributed by atoms with Crippen molar-refractivity contribution < 1.29 is 17.9 Å². The van der Waals surface area contributed by atoms with Gasteiger partial charge in [-0.25, -0.2) is 13.4 Å². The molecular weight excluding hydrogens is 506 g/mol. The lowest BCUT2D eigenvalue weighted by molar-refractivity contribution is -0.118. The molecule has 0 aliphatic carbocycles. The van der Waals surface area contributed by atoms with Crippen LogP contribution in [0.2, 0.25) is 5.02 Å². The third kappa shape index (κ3) is 5.32. The number of carbonyl (C=O) groups excluding carboxylic acids is 1. The Morgan fingerprint density at radius 3 is 2.37 bits per heavy atom. The van der Waals surface area contributed by atoms with E-state index in [1.54, 1.807) is 74.6 Å². The van der Waals surface area contributed by atoms with E-state index in [9.17, 15) is 13.2 Å². The summed E-state index contributed by atoms with van der Waals surface area (Å²) in [6.45, 7) is 3.58. The second kappa shape index (κ2) is 10.3. The Labute approximate surface area is 213 Å². The number of benzene rings is 2. The first-order valence-electron chi connectivity index (χ1n) is 10.9. The number of carbonyl (C=O) groups is 1. The highest BCUT2D eigenvalue weighted by Crippen LogP contribution is 2.39. The maximum atomic E-state index is 13.5. The number of methoxy groups -OCH3 is 1. The van der Waals surface area contributed by atoms with Crippen LogP contribution < -0.4 is 9.64 Å². The Balaban J connectivity index is 1.68. The molecule has 1 amide bonds. The van der Waals surface area contributed by atoms with Crippen molar-refractivity contribution in [1.82, 2.24) is 9.97 Å². The number of ether oxygens (including phenoxy) is 1. The molecule has 0 aliphatic rings. The van der Waals surface area contributed by atoms with Crippen LogP contribution in [-0.4, -0.2) is 36.7 Å². The molecule has 0 atom stereocenters. The number of thiazole rings is 1. The Hall–Kier alpha value is -3.01. The summed E-state index contributed by atoms with van der Waals surface area (Å²) >= 11 is 7.72. The molecule has 2 aromatic heterocycles. The van der Waals surface area contributed by atoms with E-state index in [0.29, 0.717) is 33.5 Å². The van der Waals surface area contributed by atoms with Gasteiger partial charge in [-0.15, -0.1) is 0 Å². The molecule has 4 rings (SSSR count). The van der Waals surface area contributed by atoms with E-state index in [4.69, 9.17) is 16.3 Å². The van der Waals surface area contributed by atoms with Gasteiger partial charge in [0.25, 0.3) is 0 Å². The number of rotatable bonds is 8. The van der Waals surface area contributed by atoms with E-state index in [1.807, 2.05) is 12.1 Å². The molecule has 0 spiro atoms. The first-order chi connectivity index (χ1) is 16.7. The van der Waals surface area contributed by atoms with E-state index in [2.05, 4.69) is 9.97 Å². The predicted molar refractivity (Wildman–Crippen MR) is 139 cm³/mol. The van der Waals surface area contributed by atoms with Crippen LogP contribution in [0, 0.1) is 0 Å². The maximum Gasteiger partial charge on any atom is 0.233 e. The molecule has 0 aliphatic heterocycles. The zero-order valence-electron chi connectivity index (χ0n) is 19.4. The molecule has 0 N–H and O–H groups in total. The van der Waals surface area contributed by atoms with E-state index in [-0.39, 0.29) is 17.2 Å². The van der Waals surface area contributed by atoms with Gasteiger partial charge in [0.2, 0.25) is 5.91 Å². The third-order valence-corrected chi connectivity index (χ3v) is 9.23. The predicted octanol–water partition coefficient (Wildman–Crippen LogP) is 5.31. The summed E-state index contributed by atoms with van der Waals surface area (Å²) in [5.74, 6) is 0.389. The maximum absolute atomic E-state index is 13.5. The van der Waals surface area contributed by atoms with Crippen LogP contribution in [0.25, 0.3) is 10.2 Å². The molecule has 182 valence electrons. The highest BCUT2D eigenvalue weighted by molar-refractivity contribution is 7.92. The number of hydrogen-bond donors (Lipinski definition) is 0. The summed E-state index contributed by atoms with van der Waals surface area (Å²) in [4.78, 5) is 24.1. The summed E-state index contributed by atoms with van der Waals surface area (Å²) in [5.41, 5.74) is 2.19. The minimum Gasteiger partial charge on any atom is -0.494 e. The van der Waals surface area contributed by atoms with Crippen molar-refractivity contribution >= 4 is 54.0 Å². The van der Waals surface area contributed by atoms with Crippen molar-refractivity contribution in [2.75, 3.05) is 12.0 Å². The van der Waals surface area contributed by atoms with Gasteiger partial charge in [-0.3, -0.25) is 14.7 Å². The van der Waals surface area contributed by atoms with Gasteiger partial charge in [0.15, 0.2) is 15.0 Å². The summed E-state index contributed by atoms with van der Waals surface area (Å²) < 4.78 is 31.0. The number of nitrogens with zero attached hydrogens (tertiary/aromatic N) is 3. The average molecular weight is 530 g/mol. The highest BCUT2D eigenvalue weighted by atomic mass is 35.5. The molecule has 0 unspecified atom stereocenters. The molecule has 7 nitrogen and oxygen atoms in total. The lowest BCUT2D eigenvalue weighted by atomic mass is 10.1. The van der Waals surface area contributed by atoms with Crippen molar-refractivity contribution in [3.05, 3.63) is 77.1 Å².